The lowest BCUT2D eigenvalue weighted by Crippen LogP contribution is -2.54. The van der Waals surface area contributed by atoms with Gasteiger partial charge >= 0.3 is 12.1 Å². The molecule has 0 heterocycles. The standard InChI is InChI=1S/C12H23NO6/c1-5-6-7-18-11(17)19-13(12(2,3)4)9(8-14)10(15)16/h9,14H,5-8H2,1-4H3,(H,15,16)/t9-/m0/s1. The van der Waals surface area contributed by atoms with Crippen LogP contribution in [0, 0.1) is 0 Å². The number of carboxylic acid groups (broad SMARTS) is 1. The van der Waals surface area contributed by atoms with Gasteiger partial charge in [-0.15, -0.1) is 5.06 Å². The highest BCUT2D eigenvalue weighted by Crippen LogP contribution is 2.18. The molecule has 0 aliphatic carbocycles. The highest BCUT2D eigenvalue weighted by Gasteiger charge is 2.37. The summed E-state index contributed by atoms with van der Waals surface area (Å²) in [4.78, 5) is 27.4. The number of nitrogens with zero attached hydrogens (tertiary/aromatic N) is 1. The maximum absolute atomic E-state index is 11.5. The van der Waals surface area contributed by atoms with E-state index in [4.69, 9.17) is 19.8 Å². The Balaban J connectivity index is 4.69. The second-order valence-electron chi connectivity index (χ2n) is 5.08. The van der Waals surface area contributed by atoms with Crippen molar-refractivity contribution in [2.75, 3.05) is 13.2 Å². The Morgan fingerprint density at radius 1 is 1.32 bits per heavy atom. The van der Waals surface area contributed by atoms with Crippen molar-refractivity contribution in [3.63, 3.8) is 0 Å². The average Bonchev–Trinajstić information content (AvgIpc) is 2.27. The van der Waals surface area contributed by atoms with Crippen LogP contribution in [-0.2, 0) is 14.4 Å². The van der Waals surface area contributed by atoms with Crippen molar-refractivity contribution in [3.05, 3.63) is 0 Å². The molecule has 1 atom stereocenters. The normalized spacial score (nSPS) is 13.2. The Morgan fingerprint density at radius 2 is 1.89 bits per heavy atom. The summed E-state index contributed by atoms with van der Waals surface area (Å²) in [6, 6.07) is -1.33. The summed E-state index contributed by atoms with van der Waals surface area (Å²) in [5, 5.41) is 19.0. The quantitative estimate of drug-likeness (QED) is 0.412. The summed E-state index contributed by atoms with van der Waals surface area (Å²) < 4.78 is 4.81. The van der Waals surface area contributed by atoms with Crippen molar-refractivity contribution in [3.8, 4) is 0 Å². The van der Waals surface area contributed by atoms with E-state index in [-0.39, 0.29) is 6.61 Å². The van der Waals surface area contributed by atoms with E-state index in [9.17, 15) is 9.59 Å². The Labute approximate surface area is 113 Å². The lowest BCUT2D eigenvalue weighted by molar-refractivity contribution is -0.216. The lowest BCUT2D eigenvalue weighted by atomic mass is 10.1. The molecule has 0 aromatic rings. The molecule has 0 aliphatic rings. The molecule has 2 N–H and O–H groups in total. The number of ether oxygens (including phenoxy) is 1. The summed E-state index contributed by atoms with van der Waals surface area (Å²) in [5.74, 6) is -1.28. The fourth-order valence-electron chi connectivity index (χ4n) is 1.33. The zero-order chi connectivity index (χ0) is 15.1. The van der Waals surface area contributed by atoms with E-state index in [0.717, 1.165) is 11.5 Å². The first-order valence-corrected chi connectivity index (χ1v) is 6.21. The van der Waals surface area contributed by atoms with Gasteiger partial charge in [0.1, 0.15) is 0 Å². The number of hydroxylamine groups is 2. The number of unbranched alkanes of at least 4 members (excludes halogenated alkanes) is 1. The van der Waals surface area contributed by atoms with E-state index in [1.165, 1.54) is 0 Å². The molecule has 0 saturated carbocycles. The topological polar surface area (TPSA) is 96.3 Å². The van der Waals surface area contributed by atoms with Crippen molar-refractivity contribution in [1.82, 2.24) is 5.06 Å². The largest absolute Gasteiger partial charge is 0.527 e. The highest BCUT2D eigenvalue weighted by molar-refractivity contribution is 5.74. The number of aliphatic hydroxyl groups excluding tert-OH is 1. The molecule has 0 rings (SSSR count). The van der Waals surface area contributed by atoms with E-state index in [1.54, 1.807) is 20.8 Å². The van der Waals surface area contributed by atoms with Gasteiger partial charge in [0.25, 0.3) is 0 Å². The molecule has 0 bridgehead atoms. The first-order valence-electron chi connectivity index (χ1n) is 6.21. The van der Waals surface area contributed by atoms with E-state index in [1.807, 2.05) is 6.92 Å². The smallest absolute Gasteiger partial charge is 0.480 e. The summed E-state index contributed by atoms with van der Waals surface area (Å²) >= 11 is 0. The molecule has 7 heteroatoms. The van der Waals surface area contributed by atoms with Crippen molar-refractivity contribution < 1.29 is 29.4 Å². The number of carboxylic acids is 1. The lowest BCUT2D eigenvalue weighted by Gasteiger charge is -2.36. The summed E-state index contributed by atoms with van der Waals surface area (Å²) in [6.07, 6.45) is 0.598. The monoisotopic (exact) mass is 277 g/mol. The number of hydrogen-bond acceptors (Lipinski definition) is 6. The van der Waals surface area contributed by atoms with Gasteiger partial charge in [0.15, 0.2) is 6.04 Å². The van der Waals surface area contributed by atoms with Gasteiger partial charge in [-0.1, -0.05) is 13.3 Å². The fourth-order valence-corrected chi connectivity index (χ4v) is 1.33. The van der Waals surface area contributed by atoms with Crippen LogP contribution in [0.2, 0.25) is 0 Å². The zero-order valence-electron chi connectivity index (χ0n) is 11.9. The molecular formula is C12H23NO6. The Hall–Kier alpha value is -1.34. The van der Waals surface area contributed by atoms with Crippen LogP contribution in [0.3, 0.4) is 0 Å². The average molecular weight is 277 g/mol. The first kappa shape index (κ1) is 17.7. The second-order valence-corrected chi connectivity index (χ2v) is 5.08. The maximum Gasteiger partial charge on any atom is 0.527 e. The number of carbonyl (C=O) groups excluding carboxylic acids is 1. The van der Waals surface area contributed by atoms with Gasteiger partial charge in [0.05, 0.1) is 13.2 Å². The van der Waals surface area contributed by atoms with E-state index in [2.05, 4.69) is 0 Å². The molecule has 7 nitrogen and oxygen atoms in total. The van der Waals surface area contributed by atoms with Gasteiger partial charge in [-0.05, 0) is 27.2 Å². The Bertz CT molecular complexity index is 299. The third-order valence-corrected chi connectivity index (χ3v) is 2.29. The number of carbonyl (C=O) groups is 2. The molecule has 0 unspecified atom stereocenters. The fraction of sp³-hybridized carbons (Fsp3) is 0.833. The molecule has 0 saturated heterocycles. The van der Waals surface area contributed by atoms with Crippen LogP contribution in [0.15, 0.2) is 0 Å². The molecule has 0 fully saturated rings. The third kappa shape index (κ3) is 6.40. The molecule has 0 amide bonds. The molecule has 0 aromatic heterocycles. The minimum Gasteiger partial charge on any atom is -0.480 e. The van der Waals surface area contributed by atoms with Crippen molar-refractivity contribution in [2.24, 2.45) is 0 Å². The predicted octanol–water partition coefficient (Wildman–Crippen LogP) is 1.40. The first-order chi connectivity index (χ1) is 8.73. The van der Waals surface area contributed by atoms with Crippen LogP contribution in [0.1, 0.15) is 40.5 Å². The Kier molecular flexibility index (Phi) is 7.40. The van der Waals surface area contributed by atoms with E-state index >= 15 is 0 Å². The van der Waals surface area contributed by atoms with Crippen molar-refractivity contribution in [1.29, 1.82) is 0 Å². The Morgan fingerprint density at radius 3 is 2.26 bits per heavy atom. The molecule has 0 spiro atoms. The molecule has 19 heavy (non-hydrogen) atoms. The number of aliphatic carboxylic acids is 1. The van der Waals surface area contributed by atoms with Crippen LogP contribution in [-0.4, -0.2) is 52.2 Å². The number of hydrogen-bond donors (Lipinski definition) is 2. The number of rotatable bonds is 7. The second kappa shape index (κ2) is 7.96. The van der Waals surface area contributed by atoms with Gasteiger partial charge in [0.2, 0.25) is 0 Å². The van der Waals surface area contributed by atoms with Crippen LogP contribution in [0.25, 0.3) is 0 Å². The zero-order valence-corrected chi connectivity index (χ0v) is 11.9. The van der Waals surface area contributed by atoms with Gasteiger partial charge in [-0.25, -0.2) is 4.79 Å². The predicted molar refractivity (Wildman–Crippen MR) is 67.4 cm³/mol. The molecule has 112 valence electrons. The van der Waals surface area contributed by atoms with E-state index < -0.39 is 30.3 Å². The number of aliphatic hydroxyl groups is 1. The molecule has 0 aromatic carbocycles. The minimum atomic E-state index is -1.33. The van der Waals surface area contributed by atoms with Gasteiger partial charge in [-0.2, -0.15) is 0 Å². The summed E-state index contributed by atoms with van der Waals surface area (Å²) in [5.41, 5.74) is -0.782. The molecular weight excluding hydrogens is 254 g/mol. The maximum atomic E-state index is 11.5. The minimum absolute atomic E-state index is 0.212. The summed E-state index contributed by atoms with van der Waals surface area (Å²) in [7, 11) is 0. The van der Waals surface area contributed by atoms with Crippen LogP contribution < -0.4 is 0 Å². The van der Waals surface area contributed by atoms with Gasteiger partial charge < -0.3 is 19.8 Å². The van der Waals surface area contributed by atoms with Gasteiger partial charge in [0, 0.05) is 5.54 Å². The third-order valence-electron chi connectivity index (χ3n) is 2.29. The van der Waals surface area contributed by atoms with Crippen molar-refractivity contribution in [2.45, 2.75) is 52.1 Å². The van der Waals surface area contributed by atoms with Crippen molar-refractivity contribution >= 4 is 12.1 Å². The van der Waals surface area contributed by atoms with E-state index in [0.29, 0.717) is 6.42 Å². The van der Waals surface area contributed by atoms with Crippen LogP contribution >= 0.6 is 0 Å². The molecule has 0 radical (unpaired) electrons. The SMILES string of the molecule is CCCCOC(=O)ON([C@@H](CO)C(=O)O)C(C)(C)C. The van der Waals surface area contributed by atoms with Crippen LogP contribution in [0.5, 0.6) is 0 Å². The summed E-state index contributed by atoms with van der Waals surface area (Å²) in [6.45, 7) is 6.48. The van der Waals surface area contributed by atoms with Crippen LogP contribution in [0.4, 0.5) is 4.79 Å². The molecule has 0 aliphatic heterocycles. The highest BCUT2D eigenvalue weighted by atomic mass is 16.8. The van der Waals surface area contributed by atoms with Gasteiger partial charge in [-0.3, -0.25) is 4.79 Å².